The molecule has 3 rings (SSSR count). The molecule has 2 heterocycles. The van der Waals surface area contributed by atoms with E-state index in [0.717, 1.165) is 37.8 Å². The minimum absolute atomic E-state index is 0.122. The molecule has 0 saturated carbocycles. The molecule has 2 atom stereocenters. The van der Waals surface area contributed by atoms with Gasteiger partial charge in [-0.15, -0.1) is 0 Å². The Morgan fingerprint density at radius 2 is 2.11 bits per heavy atom. The minimum Gasteiger partial charge on any atom is -0.449 e. The van der Waals surface area contributed by atoms with Gasteiger partial charge >= 0.3 is 5.97 Å². The summed E-state index contributed by atoms with van der Waals surface area (Å²) in [5, 5.41) is 4.85. The summed E-state index contributed by atoms with van der Waals surface area (Å²) >= 11 is 6.17. The number of halogens is 1. The number of aromatic nitrogens is 2. The first-order chi connectivity index (χ1) is 13.5. The summed E-state index contributed by atoms with van der Waals surface area (Å²) in [6, 6.07) is 7.72. The second-order valence-corrected chi connectivity index (χ2v) is 7.56. The maximum absolute atomic E-state index is 12.7. The number of carbonyl (C=O) groups is 2. The van der Waals surface area contributed by atoms with E-state index in [1.807, 2.05) is 29.2 Å². The predicted molar refractivity (Wildman–Crippen MR) is 107 cm³/mol. The molecule has 1 fully saturated rings. The fourth-order valence-electron chi connectivity index (χ4n) is 3.58. The van der Waals surface area contributed by atoms with E-state index in [2.05, 4.69) is 12.0 Å². The molecule has 0 N–H and O–H groups in total. The van der Waals surface area contributed by atoms with Crippen molar-refractivity contribution in [2.45, 2.75) is 58.2 Å². The van der Waals surface area contributed by atoms with Gasteiger partial charge in [-0.05, 0) is 44.2 Å². The number of nitrogens with zero attached hydrogens (tertiary/aromatic N) is 3. The van der Waals surface area contributed by atoms with Crippen LogP contribution in [-0.4, -0.2) is 45.2 Å². The molecule has 28 heavy (non-hydrogen) atoms. The maximum atomic E-state index is 12.7. The summed E-state index contributed by atoms with van der Waals surface area (Å²) < 4.78 is 7.05. The predicted octanol–water partition coefficient (Wildman–Crippen LogP) is 3.92. The van der Waals surface area contributed by atoms with Crippen molar-refractivity contribution in [2.24, 2.45) is 0 Å². The number of rotatable bonds is 6. The molecule has 7 heteroatoms. The normalized spacial score (nSPS) is 18.0. The molecule has 0 bridgehead atoms. The Morgan fingerprint density at radius 3 is 2.86 bits per heavy atom. The molecule has 0 spiro atoms. The highest BCUT2D eigenvalue weighted by Gasteiger charge is 2.30. The van der Waals surface area contributed by atoms with Crippen LogP contribution in [0.25, 0.3) is 0 Å². The van der Waals surface area contributed by atoms with Gasteiger partial charge in [0.15, 0.2) is 6.10 Å². The van der Waals surface area contributed by atoms with Crippen LogP contribution in [0.15, 0.2) is 36.7 Å². The highest BCUT2D eigenvalue weighted by atomic mass is 35.5. The van der Waals surface area contributed by atoms with Crippen molar-refractivity contribution < 1.29 is 14.3 Å². The Labute approximate surface area is 170 Å². The van der Waals surface area contributed by atoms with Crippen LogP contribution in [0.2, 0.25) is 5.02 Å². The molecule has 1 aromatic heterocycles. The van der Waals surface area contributed by atoms with Gasteiger partial charge in [-0.25, -0.2) is 4.79 Å². The number of hydrogen-bond donors (Lipinski definition) is 0. The molecule has 1 aliphatic heterocycles. The summed E-state index contributed by atoms with van der Waals surface area (Å²) in [6.07, 6.45) is 6.31. The number of ether oxygens (including phenoxy) is 1. The number of likely N-dealkylation sites (tertiary alicyclic amines) is 1. The van der Waals surface area contributed by atoms with Gasteiger partial charge in [0.2, 0.25) is 0 Å². The smallest absolute Gasteiger partial charge is 0.342 e. The van der Waals surface area contributed by atoms with E-state index in [1.54, 1.807) is 17.8 Å². The lowest BCUT2D eigenvalue weighted by atomic mass is 9.99. The van der Waals surface area contributed by atoms with Crippen LogP contribution < -0.4 is 0 Å². The van der Waals surface area contributed by atoms with Crippen molar-refractivity contribution in [1.29, 1.82) is 0 Å². The second-order valence-electron chi connectivity index (χ2n) is 7.16. The van der Waals surface area contributed by atoms with Crippen LogP contribution in [0.3, 0.4) is 0 Å². The maximum Gasteiger partial charge on any atom is 0.342 e. The second kappa shape index (κ2) is 9.24. The zero-order valence-corrected chi connectivity index (χ0v) is 17.1. The number of carbonyl (C=O) groups excluding carboxylic acids is 2. The van der Waals surface area contributed by atoms with Crippen LogP contribution >= 0.6 is 11.6 Å². The number of piperidine rings is 1. The topological polar surface area (TPSA) is 64.4 Å². The first-order valence-corrected chi connectivity index (χ1v) is 10.1. The first kappa shape index (κ1) is 20.4. The lowest BCUT2D eigenvalue weighted by Gasteiger charge is -2.36. The zero-order chi connectivity index (χ0) is 20.1. The molecule has 1 aromatic carbocycles. The fraction of sp³-hybridized carbons (Fsp3) is 0.476. The van der Waals surface area contributed by atoms with Crippen LogP contribution in [-0.2, 0) is 16.1 Å². The van der Waals surface area contributed by atoms with Gasteiger partial charge < -0.3 is 9.64 Å². The quantitative estimate of drug-likeness (QED) is 0.685. The Balaban J connectivity index is 1.60. The van der Waals surface area contributed by atoms with Gasteiger partial charge in [0.05, 0.1) is 18.3 Å². The third-order valence-corrected chi connectivity index (χ3v) is 5.54. The Hall–Kier alpha value is -2.34. The third kappa shape index (κ3) is 4.73. The summed E-state index contributed by atoms with van der Waals surface area (Å²) in [7, 11) is 0. The lowest BCUT2D eigenvalue weighted by Crippen LogP contribution is -2.48. The standard InChI is InChI=1S/C21H26ClN3O3/c1-3-18-9-6-7-11-25(18)20(26)15(2)28-21(27)17-12-23-24(14-17)13-16-8-4-5-10-19(16)22/h4-5,8,10,12,14-15,18H,3,6-7,9,11,13H2,1-2H3. The van der Waals surface area contributed by atoms with E-state index in [9.17, 15) is 9.59 Å². The summed E-state index contributed by atoms with van der Waals surface area (Å²) in [5.74, 6) is -0.667. The Bertz CT molecular complexity index is 836. The van der Waals surface area contributed by atoms with E-state index >= 15 is 0 Å². The minimum atomic E-state index is -0.813. The van der Waals surface area contributed by atoms with Crippen LogP contribution in [0, 0.1) is 0 Å². The lowest BCUT2D eigenvalue weighted by molar-refractivity contribution is -0.143. The van der Waals surface area contributed by atoms with Crippen molar-refractivity contribution in [3.63, 3.8) is 0 Å². The van der Waals surface area contributed by atoms with Gasteiger partial charge in [-0.3, -0.25) is 9.48 Å². The van der Waals surface area contributed by atoms with Gasteiger partial charge in [0.1, 0.15) is 0 Å². The highest BCUT2D eigenvalue weighted by Crippen LogP contribution is 2.21. The fourth-order valence-corrected chi connectivity index (χ4v) is 3.78. The number of esters is 1. The van der Waals surface area contributed by atoms with E-state index < -0.39 is 12.1 Å². The van der Waals surface area contributed by atoms with Crippen molar-refractivity contribution in [3.05, 3.63) is 52.8 Å². The monoisotopic (exact) mass is 403 g/mol. The SMILES string of the molecule is CCC1CCCCN1C(=O)C(C)OC(=O)c1cnn(Cc2ccccc2Cl)c1. The molecule has 1 saturated heterocycles. The average molecular weight is 404 g/mol. The molecule has 1 aliphatic rings. The van der Waals surface area contributed by atoms with Crippen molar-refractivity contribution in [1.82, 2.24) is 14.7 Å². The first-order valence-electron chi connectivity index (χ1n) is 9.77. The molecule has 0 aliphatic carbocycles. The molecule has 2 unspecified atom stereocenters. The molecule has 1 amide bonds. The van der Waals surface area contributed by atoms with Crippen molar-refractivity contribution in [3.8, 4) is 0 Å². The Kier molecular flexibility index (Phi) is 6.73. The number of benzene rings is 1. The zero-order valence-electron chi connectivity index (χ0n) is 16.3. The third-order valence-electron chi connectivity index (χ3n) is 5.17. The summed E-state index contributed by atoms with van der Waals surface area (Å²) in [5.41, 5.74) is 1.23. The molecular formula is C21H26ClN3O3. The van der Waals surface area contributed by atoms with Gasteiger partial charge in [-0.1, -0.05) is 36.7 Å². The van der Waals surface area contributed by atoms with E-state index in [4.69, 9.17) is 16.3 Å². The summed E-state index contributed by atoms with van der Waals surface area (Å²) in [4.78, 5) is 27.0. The summed E-state index contributed by atoms with van der Waals surface area (Å²) in [6.45, 7) is 4.90. The molecular weight excluding hydrogens is 378 g/mol. The Morgan fingerprint density at radius 1 is 1.32 bits per heavy atom. The highest BCUT2D eigenvalue weighted by molar-refractivity contribution is 6.31. The molecule has 150 valence electrons. The number of amides is 1. The van der Waals surface area contributed by atoms with Gasteiger partial charge in [0, 0.05) is 23.8 Å². The largest absolute Gasteiger partial charge is 0.449 e. The van der Waals surface area contributed by atoms with Gasteiger partial charge in [-0.2, -0.15) is 5.10 Å². The molecule has 6 nitrogen and oxygen atoms in total. The van der Waals surface area contributed by atoms with Crippen LogP contribution in [0.5, 0.6) is 0 Å². The van der Waals surface area contributed by atoms with E-state index in [0.29, 0.717) is 17.1 Å². The average Bonchev–Trinajstić information content (AvgIpc) is 3.18. The van der Waals surface area contributed by atoms with Gasteiger partial charge in [0.25, 0.3) is 5.91 Å². The van der Waals surface area contributed by atoms with Crippen LogP contribution in [0.4, 0.5) is 0 Å². The van der Waals surface area contributed by atoms with Crippen LogP contribution in [0.1, 0.15) is 55.5 Å². The molecule has 0 radical (unpaired) electrons. The van der Waals surface area contributed by atoms with Crippen molar-refractivity contribution in [2.75, 3.05) is 6.54 Å². The van der Waals surface area contributed by atoms with E-state index in [-0.39, 0.29) is 11.9 Å². The molecule has 2 aromatic rings. The van der Waals surface area contributed by atoms with Crippen molar-refractivity contribution >= 4 is 23.5 Å². The van der Waals surface area contributed by atoms with E-state index in [1.165, 1.54) is 6.20 Å². The number of hydrogen-bond acceptors (Lipinski definition) is 4.